The minimum Gasteiger partial charge on any atom is -0.490 e. The van der Waals surface area contributed by atoms with Crippen molar-refractivity contribution in [3.8, 4) is 11.5 Å². The number of carbonyl (C=O) groups is 3. The Balaban J connectivity index is 0.000000908. The van der Waals surface area contributed by atoms with Crippen molar-refractivity contribution < 1.29 is 55.3 Å². The van der Waals surface area contributed by atoms with Crippen LogP contribution in [-0.4, -0.2) is 79.7 Å². The van der Waals surface area contributed by atoms with Crippen LogP contribution in [0.1, 0.15) is 63.7 Å². The molecule has 1 saturated heterocycles. The second-order valence-electron chi connectivity index (χ2n) is 12.8. The van der Waals surface area contributed by atoms with E-state index in [1.807, 2.05) is 51.1 Å². The van der Waals surface area contributed by atoms with Crippen LogP contribution in [0.3, 0.4) is 0 Å². The topological polar surface area (TPSA) is 199 Å². The third-order valence-electron chi connectivity index (χ3n) is 8.61. The third-order valence-corrected chi connectivity index (χ3v) is 10.4. The fourth-order valence-electron chi connectivity index (χ4n) is 6.08. The number of nitrogen functional groups attached to an aromatic ring is 1. The normalized spacial score (nSPS) is 14.7. The van der Waals surface area contributed by atoms with Gasteiger partial charge in [-0.15, -0.1) is 0 Å². The van der Waals surface area contributed by atoms with E-state index in [2.05, 4.69) is 15.6 Å². The summed E-state index contributed by atoms with van der Waals surface area (Å²) in [6.45, 7) is 8.10. The number of aromatic nitrogens is 1. The van der Waals surface area contributed by atoms with Crippen LogP contribution in [-0.2, 0) is 24.2 Å². The first-order valence-corrected chi connectivity index (χ1v) is 19.2. The number of amides is 2. The highest BCUT2D eigenvalue weighted by Crippen LogP contribution is 2.41. The first-order chi connectivity index (χ1) is 26.4. The molecular weight excluding hydrogens is 760 g/mol. The van der Waals surface area contributed by atoms with Gasteiger partial charge in [-0.1, -0.05) is 13.0 Å². The Bertz CT molecular complexity index is 2170. The van der Waals surface area contributed by atoms with Crippen LogP contribution in [0.2, 0.25) is 0 Å². The van der Waals surface area contributed by atoms with E-state index in [1.165, 1.54) is 19.2 Å². The zero-order valence-electron chi connectivity index (χ0n) is 31.3. The summed E-state index contributed by atoms with van der Waals surface area (Å²) >= 11 is 0. The molecule has 1 aliphatic heterocycles. The van der Waals surface area contributed by atoms with Gasteiger partial charge >= 0.3 is 18.2 Å². The van der Waals surface area contributed by atoms with E-state index in [0.29, 0.717) is 65.8 Å². The predicted octanol–water partition coefficient (Wildman–Crippen LogP) is 7.13. The molecule has 0 unspecified atom stereocenters. The summed E-state index contributed by atoms with van der Waals surface area (Å²) in [7, 11) is -2.44. The highest BCUT2D eigenvalue weighted by Gasteiger charge is 2.39. The number of pyridine rings is 1. The number of methoxy groups -OCH3 is 1. The second-order valence-corrected chi connectivity index (χ2v) is 15.0. The second kappa shape index (κ2) is 18.2. The molecule has 0 saturated carbocycles. The lowest BCUT2D eigenvalue weighted by molar-refractivity contribution is -0.192. The van der Waals surface area contributed by atoms with Gasteiger partial charge < -0.3 is 35.3 Å². The Hall–Kier alpha value is -5.78. The molecule has 18 heteroatoms. The highest BCUT2D eigenvalue weighted by atomic mass is 32.2. The molecule has 0 aliphatic carbocycles. The van der Waals surface area contributed by atoms with Gasteiger partial charge in [0.15, 0.2) is 21.3 Å². The molecule has 2 heterocycles. The lowest BCUT2D eigenvalue weighted by Crippen LogP contribution is -2.38. The zero-order valence-corrected chi connectivity index (χ0v) is 32.2. The van der Waals surface area contributed by atoms with E-state index in [0.717, 1.165) is 10.8 Å². The number of nitrogens with one attached hydrogen (secondary N) is 2. The molecule has 5 N–H and O–H groups in total. The molecule has 2 atom stereocenters. The minimum absolute atomic E-state index is 0.0940. The lowest BCUT2D eigenvalue weighted by Gasteiger charge is -2.31. The number of alkyl halides is 3. The van der Waals surface area contributed by atoms with Gasteiger partial charge in [0.05, 0.1) is 36.5 Å². The number of ether oxygens (including phenoxy) is 3. The van der Waals surface area contributed by atoms with Crippen LogP contribution in [0, 0.1) is 0 Å². The van der Waals surface area contributed by atoms with E-state index in [-0.39, 0.29) is 22.7 Å². The number of nitrogens with two attached hydrogens (primary N) is 1. The van der Waals surface area contributed by atoms with E-state index in [9.17, 15) is 31.2 Å². The molecule has 0 bridgehead atoms. The van der Waals surface area contributed by atoms with E-state index < -0.39 is 40.2 Å². The molecule has 302 valence electrons. The van der Waals surface area contributed by atoms with Crippen molar-refractivity contribution in [1.82, 2.24) is 9.88 Å². The number of halogens is 3. The number of benzene rings is 3. The summed E-state index contributed by atoms with van der Waals surface area (Å²) in [6, 6.07) is 16.0. The van der Waals surface area contributed by atoms with Gasteiger partial charge in [0.25, 0.3) is 0 Å². The van der Waals surface area contributed by atoms with Gasteiger partial charge in [-0.05, 0) is 105 Å². The lowest BCUT2D eigenvalue weighted by atomic mass is 10.00. The Kier molecular flexibility index (Phi) is 14.0. The number of hydrogen-bond acceptors (Lipinski definition) is 11. The van der Waals surface area contributed by atoms with Gasteiger partial charge in [-0.2, -0.15) is 13.2 Å². The summed E-state index contributed by atoms with van der Waals surface area (Å²) in [5.41, 5.74) is 8.20. The maximum atomic E-state index is 14.8. The zero-order chi connectivity index (χ0) is 41.4. The molecule has 1 aliphatic rings. The molecule has 0 spiro atoms. The smallest absolute Gasteiger partial charge is 0.490 e. The Morgan fingerprint density at radius 3 is 2.34 bits per heavy atom. The van der Waals surface area contributed by atoms with Gasteiger partial charge in [-0.3, -0.25) is 10.1 Å². The fourth-order valence-corrected chi connectivity index (χ4v) is 7.22. The number of fused-ring (bicyclic) bond motifs is 1. The number of carboxylic acids is 1. The average molecular weight is 804 g/mol. The predicted molar refractivity (Wildman–Crippen MR) is 203 cm³/mol. The Morgan fingerprint density at radius 1 is 1.02 bits per heavy atom. The number of aliphatic carboxylic acids is 1. The van der Waals surface area contributed by atoms with E-state index in [1.54, 1.807) is 36.2 Å². The van der Waals surface area contributed by atoms with Crippen molar-refractivity contribution in [2.24, 2.45) is 0 Å². The molecule has 1 fully saturated rings. The maximum Gasteiger partial charge on any atom is 0.490 e. The molecule has 1 aromatic heterocycles. The molecule has 2 amide bonds. The van der Waals surface area contributed by atoms with Crippen molar-refractivity contribution in [1.29, 1.82) is 0 Å². The number of nitrogens with zero attached hydrogens (tertiary/aromatic N) is 2. The molecule has 56 heavy (non-hydrogen) atoms. The van der Waals surface area contributed by atoms with Crippen LogP contribution < -0.4 is 25.8 Å². The van der Waals surface area contributed by atoms with Crippen LogP contribution in [0.4, 0.5) is 35.2 Å². The van der Waals surface area contributed by atoms with Crippen molar-refractivity contribution >= 4 is 55.8 Å². The Morgan fingerprint density at radius 2 is 1.71 bits per heavy atom. The van der Waals surface area contributed by atoms with Gasteiger partial charge in [0.1, 0.15) is 11.9 Å². The number of hydrogen-bond donors (Lipinski definition) is 4. The summed E-state index contributed by atoms with van der Waals surface area (Å²) in [5.74, 6) is -1.68. The number of likely N-dealkylation sites (tertiary alicyclic amines) is 1. The number of carboxylic acid groups (broad SMARTS) is 1. The summed E-state index contributed by atoms with van der Waals surface area (Å²) < 4.78 is 75.1. The maximum absolute atomic E-state index is 14.8. The van der Waals surface area contributed by atoms with Crippen LogP contribution in [0.5, 0.6) is 11.5 Å². The molecule has 3 aromatic carbocycles. The first kappa shape index (κ1) is 43.0. The highest BCUT2D eigenvalue weighted by molar-refractivity contribution is 7.91. The molecule has 5 rings (SSSR count). The monoisotopic (exact) mass is 803 g/mol. The van der Waals surface area contributed by atoms with Crippen LogP contribution in [0.15, 0.2) is 71.8 Å². The number of anilines is 3. The van der Waals surface area contributed by atoms with Gasteiger partial charge in [0.2, 0.25) is 5.91 Å². The quantitative estimate of drug-likeness (QED) is 0.113. The SMILES string of the molecule is CCOc1cc([C@H](Nc2ccc3c(N)nccc3c2)C(=O)N2CCC[C@@H]2c2cc(NC(=O)OC)ccc2S(=O)(=O)CC)ccc1OC(C)C.O=C(O)C(F)(F)F. The van der Waals surface area contributed by atoms with Crippen LogP contribution in [0.25, 0.3) is 10.8 Å². The van der Waals surface area contributed by atoms with Crippen molar-refractivity contribution in [3.63, 3.8) is 0 Å². The largest absolute Gasteiger partial charge is 0.490 e. The Labute approximate surface area is 322 Å². The van der Waals surface area contributed by atoms with Gasteiger partial charge in [-0.25, -0.2) is 23.0 Å². The average Bonchev–Trinajstić information content (AvgIpc) is 3.64. The molecule has 4 aromatic rings. The minimum atomic E-state index is -5.08. The van der Waals surface area contributed by atoms with Crippen molar-refractivity contribution in [2.45, 2.75) is 69.8 Å². The molecular formula is C38H44F3N5O9S. The first-order valence-electron chi connectivity index (χ1n) is 17.6. The van der Waals surface area contributed by atoms with Crippen molar-refractivity contribution in [2.75, 3.05) is 42.4 Å². The molecule has 0 radical (unpaired) electrons. The number of sulfone groups is 1. The van der Waals surface area contributed by atoms with E-state index >= 15 is 0 Å². The fraction of sp³-hybridized carbons (Fsp3) is 0.368. The van der Waals surface area contributed by atoms with Crippen LogP contribution >= 0.6 is 0 Å². The standard InChI is InChI=1S/C36H43N5O7S.C2HF3O2/c1-6-47-31-20-24(10-14-30(31)48-22(3)4)33(39-25-11-13-27-23(19-25)16-17-38-34(27)37)35(42)41-18-8-9-29(41)28-21-26(40-36(43)46-5)12-15-32(28)49(44,45)7-2;3-2(4,5)1(6)7/h10-17,19-22,29,33,39H,6-9,18H2,1-5H3,(H2,37,38)(H,40,43);(H,6,7)/t29-,33+;/m1./s1. The third kappa shape index (κ3) is 10.5. The number of rotatable bonds is 12. The molecule has 14 nitrogen and oxygen atoms in total. The summed E-state index contributed by atoms with van der Waals surface area (Å²) in [4.78, 5) is 41.8. The van der Waals surface area contributed by atoms with E-state index in [4.69, 9.17) is 29.8 Å². The number of carbonyl (C=O) groups excluding carboxylic acids is 2. The summed E-state index contributed by atoms with van der Waals surface area (Å²) in [6.07, 6.45) is -3.06. The van der Waals surface area contributed by atoms with Gasteiger partial charge in [0, 0.05) is 29.5 Å². The summed E-state index contributed by atoms with van der Waals surface area (Å²) in [5, 5.41) is 14.8. The van der Waals surface area contributed by atoms with Crippen molar-refractivity contribution in [3.05, 3.63) is 78.0 Å².